The Hall–Kier alpha value is -3.65. The highest BCUT2D eigenvalue weighted by molar-refractivity contribution is 6.24. The molecule has 0 radical (unpaired) electrons. The van der Waals surface area contributed by atoms with E-state index in [9.17, 15) is 39.9 Å². The third-order valence-electron chi connectivity index (χ3n) is 7.26. The van der Waals surface area contributed by atoms with Crippen LogP contribution < -0.4 is 5.73 Å². The number of fused-ring (bicyclic) bond motifs is 3. The van der Waals surface area contributed by atoms with E-state index in [1.54, 1.807) is 6.92 Å². The molecule has 1 aromatic carbocycles. The molecule has 178 valence electrons. The minimum Gasteiger partial charge on any atom is -0.508 e. The number of amides is 1. The summed E-state index contributed by atoms with van der Waals surface area (Å²) < 4.78 is 0. The first-order chi connectivity index (χ1) is 15.8. The van der Waals surface area contributed by atoms with E-state index in [-0.39, 0.29) is 11.3 Å². The van der Waals surface area contributed by atoms with Crippen LogP contribution in [0.5, 0.6) is 5.75 Å². The number of terminal acetylenes is 1. The molecule has 34 heavy (non-hydrogen) atoms. The first-order valence-electron chi connectivity index (χ1n) is 10.5. The van der Waals surface area contributed by atoms with E-state index in [1.807, 2.05) is 0 Å². The largest absolute Gasteiger partial charge is 0.508 e. The molecule has 0 saturated heterocycles. The molecule has 0 unspecified atom stereocenters. The Kier molecular flexibility index (Phi) is 5.14. The smallest absolute Gasteiger partial charge is 0.255 e. The normalized spacial score (nSPS) is 32.8. The summed E-state index contributed by atoms with van der Waals surface area (Å²) >= 11 is 0. The molecule has 1 saturated carbocycles. The fourth-order valence-corrected chi connectivity index (χ4v) is 5.82. The van der Waals surface area contributed by atoms with Gasteiger partial charge in [-0.3, -0.25) is 19.3 Å². The lowest BCUT2D eigenvalue weighted by Crippen LogP contribution is -2.70. The maximum Gasteiger partial charge on any atom is 0.255 e. The lowest BCUT2D eigenvalue weighted by Gasteiger charge is -2.53. The van der Waals surface area contributed by atoms with Gasteiger partial charge in [-0.2, -0.15) is 0 Å². The first kappa shape index (κ1) is 23.5. The Morgan fingerprint density at radius 3 is 2.35 bits per heavy atom. The highest BCUT2D eigenvalue weighted by atomic mass is 16.4. The van der Waals surface area contributed by atoms with Crippen LogP contribution >= 0.6 is 0 Å². The second-order valence-corrected chi connectivity index (χ2v) is 9.11. The fourth-order valence-electron chi connectivity index (χ4n) is 5.82. The average Bonchev–Trinajstić information content (AvgIpc) is 2.75. The predicted octanol–water partition coefficient (Wildman–Crippen LogP) is -0.523. The molecule has 10 nitrogen and oxygen atoms in total. The summed E-state index contributed by atoms with van der Waals surface area (Å²) in [6.45, 7) is 1.62. The maximum atomic E-state index is 13.8. The van der Waals surface area contributed by atoms with Gasteiger partial charge in [-0.05, 0) is 37.7 Å². The lowest BCUT2D eigenvalue weighted by atomic mass is 9.54. The molecular weight excluding hydrogens is 444 g/mol. The Bertz CT molecular complexity index is 1270. The van der Waals surface area contributed by atoms with E-state index >= 15 is 0 Å². The second-order valence-electron chi connectivity index (χ2n) is 9.11. The number of Topliss-reactive ketones (excluding diaryl/α,β-unsaturated/α-hetero) is 2. The zero-order valence-electron chi connectivity index (χ0n) is 18.6. The third kappa shape index (κ3) is 2.66. The number of likely N-dealkylation sites (N-methyl/N-ethyl adjacent to an activating group) is 1. The van der Waals surface area contributed by atoms with Crippen molar-refractivity contribution >= 4 is 23.2 Å². The minimum atomic E-state index is -2.94. The van der Waals surface area contributed by atoms with Gasteiger partial charge in [-0.15, -0.1) is 6.42 Å². The van der Waals surface area contributed by atoms with E-state index in [4.69, 9.17) is 12.2 Å². The quantitative estimate of drug-likeness (QED) is 0.246. The van der Waals surface area contributed by atoms with Gasteiger partial charge in [0.25, 0.3) is 5.91 Å². The molecule has 1 fully saturated rings. The maximum absolute atomic E-state index is 13.8. The Balaban J connectivity index is 2.10. The molecule has 0 aromatic heterocycles. The molecule has 0 aliphatic heterocycles. The van der Waals surface area contributed by atoms with Crippen molar-refractivity contribution in [1.29, 1.82) is 0 Å². The zero-order valence-corrected chi connectivity index (χ0v) is 18.6. The lowest BCUT2D eigenvalue weighted by molar-refractivity contribution is -0.169. The van der Waals surface area contributed by atoms with Crippen LogP contribution in [0.1, 0.15) is 29.5 Å². The van der Waals surface area contributed by atoms with Crippen LogP contribution in [0.3, 0.4) is 0 Å². The number of carbonyl (C=O) groups excluding carboxylic acids is 3. The number of aliphatic hydroxyl groups is 4. The van der Waals surface area contributed by atoms with Gasteiger partial charge < -0.3 is 31.3 Å². The van der Waals surface area contributed by atoms with Crippen molar-refractivity contribution in [3.05, 3.63) is 45.7 Å². The molecule has 3 aliphatic rings. The number of phenols is 1. The number of nitrogens with two attached hydrogens (primary N) is 1. The fraction of sp³-hybridized carbons (Fsp3) is 0.375. The number of benzene rings is 1. The number of nitrogens with zero attached hydrogens (tertiary/aromatic N) is 1. The Morgan fingerprint density at radius 2 is 1.82 bits per heavy atom. The topological polar surface area (TPSA) is 182 Å². The number of phenolic OH excluding ortho intramolecular Hbond substituents is 1. The van der Waals surface area contributed by atoms with Gasteiger partial charge >= 0.3 is 0 Å². The van der Waals surface area contributed by atoms with Crippen molar-refractivity contribution in [2.45, 2.75) is 30.6 Å². The Morgan fingerprint density at radius 1 is 1.21 bits per heavy atom. The van der Waals surface area contributed by atoms with Gasteiger partial charge in [0.1, 0.15) is 22.8 Å². The summed E-state index contributed by atoms with van der Waals surface area (Å²) in [5.74, 6) is -6.98. The SMILES string of the molecule is C#Cc1ccc(O)c2c1[C@@H](C)[C@H]1C(=C2O)C(=O)[C@@]2(O)C(O)=C(C(N)=O)C(=O)[C@H](N(C)C)[C@H]2[C@@H]1O. The summed E-state index contributed by atoms with van der Waals surface area (Å²) in [5, 5.41) is 55.4. The van der Waals surface area contributed by atoms with E-state index in [2.05, 4.69) is 5.92 Å². The molecule has 0 spiro atoms. The van der Waals surface area contributed by atoms with Crippen LogP contribution in [0.15, 0.2) is 29.0 Å². The van der Waals surface area contributed by atoms with Crippen molar-refractivity contribution < 1.29 is 39.9 Å². The van der Waals surface area contributed by atoms with Crippen molar-refractivity contribution in [1.82, 2.24) is 4.90 Å². The van der Waals surface area contributed by atoms with E-state index in [0.717, 1.165) is 0 Å². The van der Waals surface area contributed by atoms with Crippen molar-refractivity contribution in [3.63, 3.8) is 0 Å². The second kappa shape index (κ2) is 7.43. The van der Waals surface area contributed by atoms with Gasteiger partial charge in [-0.25, -0.2) is 0 Å². The molecular formula is C24H24N2O8. The summed E-state index contributed by atoms with van der Waals surface area (Å²) in [4.78, 5) is 40.2. The monoisotopic (exact) mass is 468 g/mol. The van der Waals surface area contributed by atoms with E-state index in [1.165, 1.54) is 31.1 Å². The van der Waals surface area contributed by atoms with Crippen LogP contribution in [-0.4, -0.2) is 79.7 Å². The Labute approximate surface area is 194 Å². The van der Waals surface area contributed by atoms with E-state index in [0.29, 0.717) is 11.1 Å². The molecule has 1 aromatic rings. The highest BCUT2D eigenvalue weighted by Gasteiger charge is 2.68. The van der Waals surface area contributed by atoms with Crippen molar-refractivity contribution in [3.8, 4) is 18.1 Å². The number of carbonyl (C=O) groups is 3. The summed E-state index contributed by atoms with van der Waals surface area (Å²) in [6.07, 6.45) is 3.93. The van der Waals surface area contributed by atoms with Gasteiger partial charge in [0.15, 0.2) is 11.4 Å². The number of aliphatic hydroxyl groups excluding tert-OH is 3. The van der Waals surface area contributed by atoms with E-state index < -0.39 is 75.6 Å². The number of hydrogen-bond acceptors (Lipinski definition) is 9. The highest BCUT2D eigenvalue weighted by Crippen LogP contribution is 2.56. The van der Waals surface area contributed by atoms with Gasteiger partial charge in [0.05, 0.1) is 23.6 Å². The molecule has 3 aliphatic carbocycles. The van der Waals surface area contributed by atoms with Crippen molar-refractivity contribution in [2.24, 2.45) is 17.6 Å². The zero-order chi connectivity index (χ0) is 25.4. The molecule has 6 atom stereocenters. The molecule has 7 N–H and O–H groups in total. The van der Waals surface area contributed by atoms with Gasteiger partial charge in [0, 0.05) is 17.1 Å². The number of hydrogen-bond donors (Lipinski definition) is 6. The summed E-state index contributed by atoms with van der Waals surface area (Å²) in [5.41, 5.74) is 1.40. The van der Waals surface area contributed by atoms with Crippen molar-refractivity contribution in [2.75, 3.05) is 14.1 Å². The minimum absolute atomic E-state index is 0.133. The van der Waals surface area contributed by atoms with Crippen LogP contribution in [0.25, 0.3) is 5.76 Å². The number of aromatic hydroxyl groups is 1. The number of primary amides is 1. The average molecular weight is 468 g/mol. The van der Waals surface area contributed by atoms with Crippen LogP contribution in [0.4, 0.5) is 0 Å². The van der Waals surface area contributed by atoms with Crippen LogP contribution in [0, 0.1) is 24.2 Å². The molecule has 0 bridgehead atoms. The predicted molar refractivity (Wildman–Crippen MR) is 118 cm³/mol. The molecule has 10 heteroatoms. The molecule has 0 heterocycles. The standard InChI is InChI=1S/C24H24N2O8/c1-5-9-6-7-10(27)13-11(9)8(2)12-14(18(13)28)21(31)24(34)16(19(12)29)17(26(3)4)20(30)15(22(24)32)23(25)33/h1,6-8,12,16-17,19,27-29,32,34H,2-4H3,(H2,25,33)/t8-,12+,16+,17-,19-,24-/m1/s1. The van der Waals surface area contributed by atoms with Crippen LogP contribution in [0.2, 0.25) is 0 Å². The molecule has 1 amide bonds. The number of ketones is 2. The number of rotatable bonds is 2. The summed E-state index contributed by atoms with van der Waals surface area (Å²) in [7, 11) is 2.89. The third-order valence-corrected chi connectivity index (χ3v) is 7.26. The van der Waals surface area contributed by atoms with Gasteiger partial charge in [-0.1, -0.05) is 12.8 Å². The van der Waals surface area contributed by atoms with Crippen LogP contribution in [-0.2, 0) is 14.4 Å². The first-order valence-corrected chi connectivity index (χ1v) is 10.5. The van der Waals surface area contributed by atoms with Gasteiger partial charge in [0.2, 0.25) is 5.78 Å². The molecule has 4 rings (SSSR count). The summed E-state index contributed by atoms with van der Waals surface area (Å²) in [6, 6.07) is 1.29.